The van der Waals surface area contributed by atoms with Gasteiger partial charge in [0.05, 0.1) is 5.69 Å². The van der Waals surface area contributed by atoms with E-state index in [2.05, 4.69) is 15.1 Å². The molecule has 0 bridgehead atoms. The Labute approximate surface area is 114 Å². The van der Waals surface area contributed by atoms with Gasteiger partial charge >= 0.3 is 0 Å². The van der Waals surface area contributed by atoms with E-state index in [9.17, 15) is 9.59 Å². The Balaban J connectivity index is 1.85. The molecule has 0 aromatic carbocycles. The fourth-order valence-corrected chi connectivity index (χ4v) is 2.22. The van der Waals surface area contributed by atoms with Crippen molar-refractivity contribution in [3.05, 3.63) is 52.0 Å². The van der Waals surface area contributed by atoms with Crippen LogP contribution in [0.2, 0.25) is 0 Å². The summed E-state index contributed by atoms with van der Waals surface area (Å²) in [6.45, 7) is 1.06. The number of carbonyl (C=O) groups excluding carboxylic acids is 1. The van der Waals surface area contributed by atoms with Gasteiger partial charge in [0.25, 0.3) is 11.5 Å². The molecule has 0 fully saturated rings. The third-order valence-corrected chi connectivity index (χ3v) is 3.33. The summed E-state index contributed by atoms with van der Waals surface area (Å²) in [5.41, 5.74) is 1.97. The highest BCUT2D eigenvalue weighted by atomic mass is 16.2. The molecule has 0 radical (unpaired) electrons. The zero-order chi connectivity index (χ0) is 14.1. The summed E-state index contributed by atoms with van der Waals surface area (Å²) < 4.78 is 1.16. The third kappa shape index (κ3) is 2.18. The summed E-state index contributed by atoms with van der Waals surface area (Å²) >= 11 is 0. The minimum Gasteiger partial charge on any atom is -0.332 e. The van der Waals surface area contributed by atoms with E-state index in [1.54, 1.807) is 11.1 Å². The van der Waals surface area contributed by atoms with Crippen LogP contribution in [0, 0.1) is 0 Å². The van der Waals surface area contributed by atoms with Crippen molar-refractivity contribution in [1.82, 2.24) is 24.6 Å². The molecule has 3 rings (SSSR count). The quantitative estimate of drug-likeness (QED) is 0.715. The standard InChI is InChI=1S/C13H13N5O2/c1-17-12(19)3-2-11(16-17)13(20)18-5-4-10-9(7-18)6-14-8-15-10/h2-3,6,8H,4-5,7H2,1H3. The summed E-state index contributed by atoms with van der Waals surface area (Å²) in [6.07, 6.45) is 3.95. The van der Waals surface area contributed by atoms with Gasteiger partial charge in [-0.15, -0.1) is 0 Å². The highest BCUT2D eigenvalue weighted by Gasteiger charge is 2.23. The fourth-order valence-electron chi connectivity index (χ4n) is 2.22. The number of aryl methyl sites for hydroxylation is 1. The number of nitrogens with zero attached hydrogens (tertiary/aromatic N) is 5. The van der Waals surface area contributed by atoms with Crippen molar-refractivity contribution >= 4 is 5.91 Å². The third-order valence-electron chi connectivity index (χ3n) is 3.33. The molecule has 2 aromatic heterocycles. The van der Waals surface area contributed by atoms with E-state index in [-0.39, 0.29) is 17.2 Å². The summed E-state index contributed by atoms with van der Waals surface area (Å²) in [7, 11) is 1.53. The first-order chi connectivity index (χ1) is 9.65. The highest BCUT2D eigenvalue weighted by Crippen LogP contribution is 2.16. The number of hydrogen-bond acceptors (Lipinski definition) is 5. The second-order valence-corrected chi connectivity index (χ2v) is 4.65. The maximum Gasteiger partial charge on any atom is 0.274 e. The maximum atomic E-state index is 12.4. The van der Waals surface area contributed by atoms with E-state index in [0.717, 1.165) is 15.9 Å². The van der Waals surface area contributed by atoms with Gasteiger partial charge < -0.3 is 4.90 Å². The van der Waals surface area contributed by atoms with Crippen LogP contribution in [0.15, 0.2) is 29.5 Å². The van der Waals surface area contributed by atoms with E-state index in [1.807, 2.05) is 0 Å². The molecule has 7 heteroatoms. The Morgan fingerprint density at radius 1 is 1.35 bits per heavy atom. The van der Waals surface area contributed by atoms with Gasteiger partial charge in [0.15, 0.2) is 0 Å². The predicted molar refractivity (Wildman–Crippen MR) is 70.0 cm³/mol. The van der Waals surface area contributed by atoms with Crippen LogP contribution in [0.5, 0.6) is 0 Å². The first kappa shape index (κ1) is 12.5. The molecule has 0 saturated heterocycles. The summed E-state index contributed by atoms with van der Waals surface area (Å²) in [6, 6.07) is 2.81. The lowest BCUT2D eigenvalue weighted by Gasteiger charge is -2.27. The fraction of sp³-hybridized carbons (Fsp3) is 0.308. The first-order valence-electron chi connectivity index (χ1n) is 6.26. The number of rotatable bonds is 1. The molecule has 2 aromatic rings. The van der Waals surface area contributed by atoms with Crippen molar-refractivity contribution in [3.63, 3.8) is 0 Å². The highest BCUT2D eigenvalue weighted by molar-refractivity contribution is 5.92. The molecular weight excluding hydrogens is 258 g/mol. The van der Waals surface area contributed by atoms with Crippen LogP contribution in [-0.2, 0) is 20.0 Å². The van der Waals surface area contributed by atoms with Crippen LogP contribution in [0.4, 0.5) is 0 Å². The molecule has 102 valence electrons. The first-order valence-corrected chi connectivity index (χ1v) is 6.26. The van der Waals surface area contributed by atoms with Gasteiger partial charge in [-0.3, -0.25) is 9.59 Å². The van der Waals surface area contributed by atoms with Gasteiger partial charge in [-0.2, -0.15) is 5.10 Å². The molecule has 0 aliphatic carbocycles. The van der Waals surface area contributed by atoms with Crippen molar-refractivity contribution in [2.45, 2.75) is 13.0 Å². The molecule has 0 spiro atoms. The average molecular weight is 271 g/mol. The lowest BCUT2D eigenvalue weighted by molar-refractivity contribution is 0.0724. The van der Waals surface area contributed by atoms with E-state index in [1.165, 1.54) is 25.5 Å². The Hall–Kier alpha value is -2.57. The van der Waals surface area contributed by atoms with Crippen molar-refractivity contribution in [2.24, 2.45) is 7.05 Å². The van der Waals surface area contributed by atoms with Gasteiger partial charge in [-0.1, -0.05) is 0 Å². The number of fused-ring (bicyclic) bond motifs is 1. The summed E-state index contributed by atoms with van der Waals surface area (Å²) in [4.78, 5) is 33.5. The molecule has 0 atom stereocenters. The Morgan fingerprint density at radius 2 is 2.20 bits per heavy atom. The maximum absolute atomic E-state index is 12.4. The van der Waals surface area contributed by atoms with Gasteiger partial charge in [-0.25, -0.2) is 14.6 Å². The van der Waals surface area contributed by atoms with Crippen LogP contribution in [0.1, 0.15) is 21.7 Å². The Bertz CT molecular complexity index is 725. The topological polar surface area (TPSA) is 81.0 Å². The van der Waals surface area contributed by atoms with E-state index < -0.39 is 0 Å². The second-order valence-electron chi connectivity index (χ2n) is 4.65. The lowest BCUT2D eigenvalue weighted by atomic mass is 10.1. The van der Waals surface area contributed by atoms with Crippen LogP contribution in [0.25, 0.3) is 0 Å². The smallest absolute Gasteiger partial charge is 0.274 e. The van der Waals surface area contributed by atoms with Crippen LogP contribution in [0.3, 0.4) is 0 Å². The number of amides is 1. The largest absolute Gasteiger partial charge is 0.332 e. The number of aromatic nitrogens is 4. The van der Waals surface area contributed by atoms with Crippen molar-refractivity contribution < 1.29 is 4.79 Å². The SMILES string of the molecule is Cn1nc(C(=O)N2CCc3ncncc3C2)ccc1=O. The van der Waals surface area contributed by atoms with E-state index >= 15 is 0 Å². The Morgan fingerprint density at radius 3 is 3.00 bits per heavy atom. The molecule has 1 aliphatic heterocycles. The molecule has 1 amide bonds. The minimum absolute atomic E-state index is 0.185. The van der Waals surface area contributed by atoms with Crippen LogP contribution in [-0.4, -0.2) is 37.1 Å². The molecule has 7 nitrogen and oxygen atoms in total. The van der Waals surface area contributed by atoms with E-state index in [0.29, 0.717) is 19.5 Å². The van der Waals surface area contributed by atoms with Gasteiger partial charge in [0.1, 0.15) is 12.0 Å². The molecule has 0 N–H and O–H groups in total. The number of hydrogen-bond donors (Lipinski definition) is 0. The molecule has 20 heavy (non-hydrogen) atoms. The van der Waals surface area contributed by atoms with Crippen molar-refractivity contribution in [1.29, 1.82) is 0 Å². The van der Waals surface area contributed by atoms with Gasteiger partial charge in [0, 0.05) is 44.4 Å². The lowest BCUT2D eigenvalue weighted by Crippen LogP contribution is -2.37. The van der Waals surface area contributed by atoms with Crippen LogP contribution >= 0.6 is 0 Å². The minimum atomic E-state index is -0.237. The average Bonchev–Trinajstić information content (AvgIpc) is 2.49. The zero-order valence-electron chi connectivity index (χ0n) is 11.0. The van der Waals surface area contributed by atoms with Crippen molar-refractivity contribution in [3.8, 4) is 0 Å². The Kier molecular flexibility index (Phi) is 3.02. The predicted octanol–water partition coefficient (Wildman–Crippen LogP) is -0.231. The number of carbonyl (C=O) groups is 1. The zero-order valence-corrected chi connectivity index (χ0v) is 11.0. The van der Waals surface area contributed by atoms with Crippen LogP contribution < -0.4 is 5.56 Å². The van der Waals surface area contributed by atoms with E-state index in [4.69, 9.17) is 0 Å². The molecular formula is C13H13N5O2. The molecule has 0 saturated carbocycles. The van der Waals surface area contributed by atoms with Gasteiger partial charge in [0.2, 0.25) is 0 Å². The normalized spacial score (nSPS) is 13.9. The molecule has 1 aliphatic rings. The molecule has 0 unspecified atom stereocenters. The molecule has 3 heterocycles. The van der Waals surface area contributed by atoms with Crippen molar-refractivity contribution in [2.75, 3.05) is 6.54 Å². The second kappa shape index (κ2) is 4.84. The monoisotopic (exact) mass is 271 g/mol. The van der Waals surface area contributed by atoms with Gasteiger partial charge in [-0.05, 0) is 6.07 Å². The summed E-state index contributed by atoms with van der Waals surface area (Å²) in [5, 5.41) is 3.99. The summed E-state index contributed by atoms with van der Waals surface area (Å²) in [5.74, 6) is -0.185.